The third-order valence-corrected chi connectivity index (χ3v) is 6.33. The zero-order valence-electron chi connectivity index (χ0n) is 15.1. The number of rotatable bonds is 1. The summed E-state index contributed by atoms with van der Waals surface area (Å²) in [5, 5.41) is 38.6. The van der Waals surface area contributed by atoms with E-state index in [9.17, 15) is 29.0 Å². The second-order valence-electron chi connectivity index (χ2n) is 7.61. The van der Waals surface area contributed by atoms with E-state index in [1.807, 2.05) is 18.2 Å². The Morgan fingerprint density at radius 1 is 1.10 bits per heavy atom. The highest BCUT2D eigenvalue weighted by molar-refractivity contribution is 5.89. The normalized spacial score (nSPS) is 34.8. The molecule has 0 spiro atoms. The number of nitrogens with one attached hydrogen (secondary N) is 1. The van der Waals surface area contributed by atoms with E-state index >= 15 is 0 Å². The lowest BCUT2D eigenvalue weighted by molar-refractivity contribution is -0.294. The minimum Gasteiger partial charge on any atom is -0.447 e. The van der Waals surface area contributed by atoms with Crippen LogP contribution in [0.2, 0.25) is 0 Å². The first-order valence-electron chi connectivity index (χ1n) is 9.07. The smallest absolute Gasteiger partial charge is 0.416 e. The molecule has 4 rings (SSSR count). The van der Waals surface area contributed by atoms with Crippen molar-refractivity contribution in [2.45, 2.75) is 43.8 Å². The van der Waals surface area contributed by atoms with Gasteiger partial charge in [-0.15, -0.1) is 0 Å². The Morgan fingerprint density at radius 2 is 1.83 bits per heavy atom. The van der Waals surface area contributed by atoms with Crippen LogP contribution < -0.4 is 0 Å². The van der Waals surface area contributed by atoms with E-state index in [0.29, 0.717) is 25.7 Å². The van der Waals surface area contributed by atoms with Gasteiger partial charge in [0.1, 0.15) is 6.10 Å². The molecule has 1 aromatic carbocycles. The molecule has 2 aliphatic heterocycles. The summed E-state index contributed by atoms with van der Waals surface area (Å²) in [6.45, 7) is 0. The van der Waals surface area contributed by atoms with Crippen LogP contribution >= 0.6 is 0 Å². The number of halogens is 3. The van der Waals surface area contributed by atoms with Crippen LogP contribution in [0, 0.1) is 56.2 Å². The fraction of sp³-hybridized carbons (Fsp3) is 0.500. The van der Waals surface area contributed by atoms with Gasteiger partial charge < -0.3 is 9.47 Å². The predicted octanol–water partition coefficient (Wildman–Crippen LogP) is 4.21. The van der Waals surface area contributed by atoms with Gasteiger partial charge in [-0.05, 0) is 30.5 Å². The van der Waals surface area contributed by atoms with Crippen molar-refractivity contribution in [1.29, 1.82) is 21.2 Å². The van der Waals surface area contributed by atoms with Crippen LogP contribution in [0.5, 0.6) is 0 Å². The SMILES string of the molecule is N#CC1(C#N)C(c2cccc(C(F)(F)F)c2)OC23CCCCC2C1(C#N)C(=N)O3. The third kappa shape index (κ3) is 2.21. The molecule has 1 aromatic rings. The second-order valence-corrected chi connectivity index (χ2v) is 7.61. The molecule has 3 fully saturated rings. The summed E-state index contributed by atoms with van der Waals surface area (Å²) in [7, 11) is 0. The lowest BCUT2D eigenvalue weighted by Crippen LogP contribution is -2.60. The lowest BCUT2D eigenvalue weighted by atomic mass is 9.51. The molecule has 0 radical (unpaired) electrons. The largest absolute Gasteiger partial charge is 0.447 e. The minimum atomic E-state index is -4.63. The summed E-state index contributed by atoms with van der Waals surface area (Å²) in [5.74, 6) is -2.65. The number of hydrogen-bond donors (Lipinski definition) is 1. The first-order chi connectivity index (χ1) is 13.7. The Labute approximate surface area is 164 Å². The number of ether oxygens (including phenoxy) is 2. The highest BCUT2D eigenvalue weighted by atomic mass is 19.4. The zero-order valence-corrected chi connectivity index (χ0v) is 15.1. The molecular formula is C20H15F3N4O2. The maximum atomic E-state index is 13.2. The topological polar surface area (TPSA) is 114 Å². The molecule has 4 unspecified atom stereocenters. The van der Waals surface area contributed by atoms with Crippen LogP contribution in [0.1, 0.15) is 42.9 Å². The maximum Gasteiger partial charge on any atom is 0.416 e. The highest BCUT2D eigenvalue weighted by Crippen LogP contribution is 2.69. The van der Waals surface area contributed by atoms with Gasteiger partial charge in [0.05, 0.1) is 29.7 Å². The third-order valence-electron chi connectivity index (χ3n) is 6.33. The minimum absolute atomic E-state index is 0.0516. The van der Waals surface area contributed by atoms with Gasteiger partial charge in [-0.2, -0.15) is 29.0 Å². The van der Waals surface area contributed by atoms with Crippen molar-refractivity contribution in [3.05, 3.63) is 35.4 Å². The van der Waals surface area contributed by atoms with Gasteiger partial charge in [0.15, 0.2) is 5.41 Å². The van der Waals surface area contributed by atoms with Gasteiger partial charge in [-0.3, -0.25) is 5.41 Å². The quantitative estimate of drug-likeness (QED) is 0.758. The molecule has 29 heavy (non-hydrogen) atoms. The zero-order chi connectivity index (χ0) is 21.1. The monoisotopic (exact) mass is 400 g/mol. The van der Waals surface area contributed by atoms with Crippen molar-refractivity contribution in [3.8, 4) is 18.2 Å². The Kier molecular flexibility index (Phi) is 3.95. The van der Waals surface area contributed by atoms with E-state index in [4.69, 9.17) is 14.9 Å². The van der Waals surface area contributed by atoms with Crippen LogP contribution in [0.4, 0.5) is 13.2 Å². The van der Waals surface area contributed by atoms with Gasteiger partial charge in [-0.1, -0.05) is 18.6 Å². The molecule has 148 valence electrons. The summed E-state index contributed by atoms with van der Waals surface area (Å²) in [4.78, 5) is 0. The average molecular weight is 400 g/mol. The van der Waals surface area contributed by atoms with E-state index in [1.165, 1.54) is 12.1 Å². The first kappa shape index (κ1) is 19.2. The Bertz CT molecular complexity index is 1000. The van der Waals surface area contributed by atoms with E-state index < -0.39 is 46.3 Å². The molecule has 2 saturated heterocycles. The molecular weight excluding hydrogens is 385 g/mol. The average Bonchev–Trinajstić information content (AvgIpc) is 2.92. The lowest BCUT2D eigenvalue weighted by Gasteiger charge is -2.51. The van der Waals surface area contributed by atoms with Gasteiger partial charge in [0, 0.05) is 6.42 Å². The predicted molar refractivity (Wildman–Crippen MR) is 90.5 cm³/mol. The number of benzene rings is 1. The number of nitriles is 3. The number of hydrogen-bond acceptors (Lipinski definition) is 6. The van der Waals surface area contributed by atoms with Crippen LogP contribution in [-0.2, 0) is 15.7 Å². The number of nitrogens with zero attached hydrogens (tertiary/aromatic N) is 3. The Balaban J connectivity index is 1.97. The molecule has 6 nitrogen and oxygen atoms in total. The fourth-order valence-electron chi connectivity index (χ4n) is 5.04. The number of alkyl halides is 3. The van der Waals surface area contributed by atoms with Crippen molar-refractivity contribution in [2.24, 2.45) is 16.7 Å². The van der Waals surface area contributed by atoms with Crippen molar-refractivity contribution in [3.63, 3.8) is 0 Å². The summed E-state index contributed by atoms with van der Waals surface area (Å²) < 4.78 is 51.5. The molecule has 3 aliphatic rings. The van der Waals surface area contributed by atoms with Crippen molar-refractivity contribution in [1.82, 2.24) is 0 Å². The van der Waals surface area contributed by atoms with Crippen molar-refractivity contribution >= 4 is 5.90 Å². The molecule has 0 amide bonds. The van der Waals surface area contributed by atoms with Crippen LogP contribution in [0.15, 0.2) is 24.3 Å². The molecule has 9 heteroatoms. The fourth-order valence-corrected chi connectivity index (χ4v) is 5.04. The summed E-state index contributed by atoms with van der Waals surface area (Å²) in [6, 6.07) is 9.87. The van der Waals surface area contributed by atoms with Crippen molar-refractivity contribution in [2.75, 3.05) is 0 Å². The van der Waals surface area contributed by atoms with Crippen molar-refractivity contribution < 1.29 is 22.6 Å². The molecule has 1 aliphatic carbocycles. The molecule has 1 saturated carbocycles. The van der Waals surface area contributed by atoms with Crippen LogP contribution in [-0.4, -0.2) is 11.7 Å². The Morgan fingerprint density at radius 3 is 2.45 bits per heavy atom. The van der Waals surface area contributed by atoms with Gasteiger partial charge >= 0.3 is 6.18 Å². The molecule has 1 N–H and O–H groups in total. The summed E-state index contributed by atoms with van der Waals surface area (Å²) >= 11 is 0. The van der Waals surface area contributed by atoms with E-state index in [2.05, 4.69) is 0 Å². The molecule has 4 atom stereocenters. The van der Waals surface area contributed by atoms with Gasteiger partial charge in [-0.25, -0.2) is 0 Å². The molecule has 2 bridgehead atoms. The second kappa shape index (κ2) is 5.95. The molecule has 0 aromatic heterocycles. The van der Waals surface area contributed by atoms with Crippen LogP contribution in [0.3, 0.4) is 0 Å². The van der Waals surface area contributed by atoms with Gasteiger partial charge in [0.2, 0.25) is 17.1 Å². The van der Waals surface area contributed by atoms with Gasteiger partial charge in [0.25, 0.3) is 0 Å². The summed E-state index contributed by atoms with van der Waals surface area (Å²) in [5.41, 5.74) is -5.16. The standard InChI is InChI=1S/C20H15F3N4O2/c21-20(22,23)13-5-3-4-12(8-13)15-17(9-24,10-25)18(11-26)14-6-1-2-7-19(14,28-15)29-16(18)27/h3-5,8,14-15,27H,1-2,6-7H2. The van der Waals surface area contributed by atoms with E-state index in [1.54, 1.807) is 0 Å². The van der Waals surface area contributed by atoms with E-state index in [0.717, 1.165) is 12.1 Å². The maximum absolute atomic E-state index is 13.2. The molecule has 2 heterocycles. The first-order valence-corrected chi connectivity index (χ1v) is 9.07. The highest BCUT2D eigenvalue weighted by Gasteiger charge is 2.80. The van der Waals surface area contributed by atoms with E-state index in [-0.39, 0.29) is 5.56 Å². The Hall–Kier alpha value is -3.09. The van der Waals surface area contributed by atoms with Crippen LogP contribution in [0.25, 0.3) is 0 Å². The summed E-state index contributed by atoms with van der Waals surface area (Å²) in [6.07, 6.45) is -3.99.